The number of nitrogens with zero attached hydrogens (tertiary/aromatic N) is 3. The lowest BCUT2D eigenvalue weighted by Gasteiger charge is -2.22. The zero-order valence-electron chi connectivity index (χ0n) is 11.3. The first-order valence-electron chi connectivity index (χ1n) is 5.90. The minimum Gasteiger partial charge on any atom is -0.481 e. The zero-order chi connectivity index (χ0) is 13.5. The minimum atomic E-state index is -0.267. The first-order valence-corrected chi connectivity index (χ1v) is 5.90. The fourth-order valence-corrected chi connectivity index (χ4v) is 1.65. The van der Waals surface area contributed by atoms with Gasteiger partial charge in [0.1, 0.15) is 18.7 Å². The van der Waals surface area contributed by atoms with Gasteiger partial charge < -0.3 is 14.4 Å². The minimum absolute atomic E-state index is 0.172. The van der Waals surface area contributed by atoms with Gasteiger partial charge in [-0.05, 0) is 20.8 Å². The number of esters is 1. The summed E-state index contributed by atoms with van der Waals surface area (Å²) in [6, 6.07) is 0. The molecule has 18 heavy (non-hydrogen) atoms. The van der Waals surface area contributed by atoms with Gasteiger partial charge >= 0.3 is 5.97 Å². The number of rotatable bonds is 6. The van der Waals surface area contributed by atoms with Crippen LogP contribution in [0.5, 0.6) is 5.88 Å². The average Bonchev–Trinajstić information content (AvgIpc) is 2.37. The number of carbonyl (C=O) groups excluding carboxylic acids is 1. The van der Waals surface area contributed by atoms with E-state index < -0.39 is 0 Å². The SMILES string of the molecule is CCOC(=O)CN(CC)c1ncnc(OC)c1C. The van der Waals surface area contributed by atoms with Crippen molar-refractivity contribution in [3.63, 3.8) is 0 Å². The molecule has 1 rings (SSSR count). The van der Waals surface area contributed by atoms with Gasteiger partial charge in [0.05, 0.1) is 19.3 Å². The van der Waals surface area contributed by atoms with Gasteiger partial charge in [0, 0.05) is 6.54 Å². The maximum absolute atomic E-state index is 11.5. The molecule has 0 unspecified atom stereocenters. The maximum Gasteiger partial charge on any atom is 0.325 e. The lowest BCUT2D eigenvalue weighted by Crippen LogP contribution is -2.32. The Hall–Kier alpha value is -1.85. The van der Waals surface area contributed by atoms with E-state index >= 15 is 0 Å². The van der Waals surface area contributed by atoms with Crippen LogP contribution in [0, 0.1) is 6.92 Å². The number of likely N-dealkylation sites (N-methyl/N-ethyl adjacent to an activating group) is 1. The molecular formula is C12H19N3O3. The third-order valence-electron chi connectivity index (χ3n) is 2.51. The summed E-state index contributed by atoms with van der Waals surface area (Å²) in [6.07, 6.45) is 1.43. The summed E-state index contributed by atoms with van der Waals surface area (Å²) < 4.78 is 10.1. The van der Waals surface area contributed by atoms with E-state index in [0.717, 1.165) is 5.56 Å². The van der Waals surface area contributed by atoms with Crippen LogP contribution in [0.4, 0.5) is 5.82 Å². The molecule has 0 fully saturated rings. The van der Waals surface area contributed by atoms with E-state index in [0.29, 0.717) is 24.8 Å². The lowest BCUT2D eigenvalue weighted by atomic mass is 10.3. The van der Waals surface area contributed by atoms with Gasteiger partial charge in [0.25, 0.3) is 0 Å². The monoisotopic (exact) mass is 253 g/mol. The molecule has 6 heteroatoms. The highest BCUT2D eigenvalue weighted by atomic mass is 16.5. The van der Waals surface area contributed by atoms with E-state index in [1.54, 1.807) is 14.0 Å². The molecular weight excluding hydrogens is 234 g/mol. The number of anilines is 1. The molecule has 0 aromatic carbocycles. The predicted molar refractivity (Wildman–Crippen MR) is 67.8 cm³/mol. The summed E-state index contributed by atoms with van der Waals surface area (Å²) in [5.41, 5.74) is 0.811. The Bertz CT molecular complexity index is 410. The summed E-state index contributed by atoms with van der Waals surface area (Å²) in [6.45, 7) is 6.80. The molecule has 100 valence electrons. The topological polar surface area (TPSA) is 64.5 Å². The van der Waals surface area contributed by atoms with Crippen molar-refractivity contribution in [2.45, 2.75) is 20.8 Å². The van der Waals surface area contributed by atoms with E-state index in [1.165, 1.54) is 6.33 Å². The van der Waals surface area contributed by atoms with Crippen molar-refractivity contribution in [2.75, 3.05) is 31.7 Å². The Morgan fingerprint density at radius 2 is 2.11 bits per heavy atom. The van der Waals surface area contributed by atoms with Crippen LogP contribution in [0.3, 0.4) is 0 Å². The highest BCUT2D eigenvalue weighted by Crippen LogP contribution is 2.23. The third-order valence-corrected chi connectivity index (χ3v) is 2.51. The van der Waals surface area contributed by atoms with Gasteiger partial charge in [-0.3, -0.25) is 4.79 Å². The molecule has 1 heterocycles. The summed E-state index contributed by atoms with van der Waals surface area (Å²) >= 11 is 0. The van der Waals surface area contributed by atoms with Crippen LogP contribution >= 0.6 is 0 Å². The quantitative estimate of drug-likeness (QED) is 0.709. The van der Waals surface area contributed by atoms with Gasteiger partial charge in [0.15, 0.2) is 0 Å². The van der Waals surface area contributed by atoms with Crippen molar-refractivity contribution >= 4 is 11.8 Å². The van der Waals surface area contributed by atoms with E-state index in [2.05, 4.69) is 9.97 Å². The molecule has 0 amide bonds. The molecule has 0 aliphatic rings. The fraction of sp³-hybridized carbons (Fsp3) is 0.583. The smallest absolute Gasteiger partial charge is 0.325 e. The average molecular weight is 253 g/mol. The molecule has 0 aliphatic heterocycles. The number of aromatic nitrogens is 2. The van der Waals surface area contributed by atoms with Gasteiger partial charge in [0.2, 0.25) is 5.88 Å². The van der Waals surface area contributed by atoms with Crippen LogP contribution in [-0.4, -0.2) is 42.7 Å². The maximum atomic E-state index is 11.5. The molecule has 0 aliphatic carbocycles. The van der Waals surface area contributed by atoms with Gasteiger partial charge in [-0.1, -0.05) is 0 Å². The Kier molecular flexibility index (Phi) is 5.35. The molecule has 1 aromatic rings. The number of ether oxygens (including phenoxy) is 2. The molecule has 0 N–H and O–H groups in total. The normalized spacial score (nSPS) is 10.0. The van der Waals surface area contributed by atoms with Crippen molar-refractivity contribution in [1.29, 1.82) is 0 Å². The molecule has 6 nitrogen and oxygen atoms in total. The van der Waals surface area contributed by atoms with Crippen LogP contribution in [0.15, 0.2) is 6.33 Å². The number of carbonyl (C=O) groups is 1. The summed E-state index contributed by atoms with van der Waals surface area (Å²) in [5.74, 6) is 0.941. The van der Waals surface area contributed by atoms with Crippen LogP contribution < -0.4 is 9.64 Å². The standard InChI is InChI=1S/C12H19N3O3/c1-5-15(7-10(16)18-6-2)11-9(3)12(17-4)14-8-13-11/h8H,5-7H2,1-4H3. The Labute approximate surface area is 107 Å². The number of methoxy groups -OCH3 is 1. The molecule has 0 bridgehead atoms. The predicted octanol–water partition coefficient (Wildman–Crippen LogP) is 1.18. The van der Waals surface area contributed by atoms with Crippen LogP contribution in [0.1, 0.15) is 19.4 Å². The Morgan fingerprint density at radius 1 is 1.39 bits per heavy atom. The second kappa shape index (κ2) is 6.78. The van der Waals surface area contributed by atoms with Gasteiger partial charge in [-0.25, -0.2) is 9.97 Å². The first-order chi connectivity index (χ1) is 8.63. The van der Waals surface area contributed by atoms with E-state index in [4.69, 9.17) is 9.47 Å². The summed E-state index contributed by atoms with van der Waals surface area (Å²) in [4.78, 5) is 21.6. The second-order valence-corrected chi connectivity index (χ2v) is 3.65. The van der Waals surface area contributed by atoms with Crippen molar-refractivity contribution in [1.82, 2.24) is 9.97 Å². The highest BCUT2D eigenvalue weighted by molar-refractivity contribution is 5.75. The number of hydrogen-bond acceptors (Lipinski definition) is 6. The molecule has 0 spiro atoms. The van der Waals surface area contributed by atoms with Gasteiger partial charge in [-0.2, -0.15) is 0 Å². The van der Waals surface area contributed by atoms with E-state index in [-0.39, 0.29) is 12.5 Å². The van der Waals surface area contributed by atoms with Crippen LogP contribution in [0.25, 0.3) is 0 Å². The molecule has 0 radical (unpaired) electrons. The number of hydrogen-bond donors (Lipinski definition) is 0. The zero-order valence-corrected chi connectivity index (χ0v) is 11.3. The second-order valence-electron chi connectivity index (χ2n) is 3.65. The summed E-state index contributed by atoms with van der Waals surface area (Å²) in [7, 11) is 1.56. The Morgan fingerprint density at radius 3 is 2.67 bits per heavy atom. The fourth-order valence-electron chi connectivity index (χ4n) is 1.65. The summed E-state index contributed by atoms with van der Waals surface area (Å²) in [5, 5.41) is 0. The highest BCUT2D eigenvalue weighted by Gasteiger charge is 2.16. The molecule has 0 saturated carbocycles. The van der Waals surface area contributed by atoms with E-state index in [9.17, 15) is 4.79 Å². The van der Waals surface area contributed by atoms with Gasteiger partial charge in [-0.15, -0.1) is 0 Å². The van der Waals surface area contributed by atoms with E-state index in [1.807, 2.05) is 18.7 Å². The van der Waals surface area contributed by atoms with Crippen molar-refractivity contribution in [2.24, 2.45) is 0 Å². The lowest BCUT2D eigenvalue weighted by molar-refractivity contribution is -0.141. The molecule has 1 aromatic heterocycles. The van der Waals surface area contributed by atoms with Crippen LogP contribution in [-0.2, 0) is 9.53 Å². The van der Waals surface area contributed by atoms with Crippen molar-refractivity contribution in [3.8, 4) is 5.88 Å². The van der Waals surface area contributed by atoms with Crippen molar-refractivity contribution in [3.05, 3.63) is 11.9 Å². The largest absolute Gasteiger partial charge is 0.481 e. The van der Waals surface area contributed by atoms with Crippen molar-refractivity contribution < 1.29 is 14.3 Å². The first kappa shape index (κ1) is 14.2. The Balaban J connectivity index is 2.91. The van der Waals surface area contributed by atoms with Crippen LogP contribution in [0.2, 0.25) is 0 Å². The molecule has 0 atom stereocenters. The third kappa shape index (κ3) is 3.32. The molecule has 0 saturated heterocycles.